The van der Waals surface area contributed by atoms with Crippen molar-refractivity contribution in [2.45, 2.75) is 33.1 Å². The Labute approximate surface area is 163 Å². The summed E-state index contributed by atoms with van der Waals surface area (Å²) in [7, 11) is 0. The van der Waals surface area contributed by atoms with Crippen LogP contribution in [0.5, 0.6) is 0 Å². The van der Waals surface area contributed by atoms with Gasteiger partial charge in [-0.25, -0.2) is 9.78 Å². The molecular weight excluding hydrogens is 356 g/mol. The number of nitrogens with zero attached hydrogens (tertiary/aromatic N) is 2. The van der Waals surface area contributed by atoms with Gasteiger partial charge in [-0.1, -0.05) is 56.4 Å². The van der Waals surface area contributed by atoms with Crippen molar-refractivity contribution in [1.82, 2.24) is 15.3 Å². The lowest BCUT2D eigenvalue weighted by Crippen LogP contribution is -2.28. The van der Waals surface area contributed by atoms with Crippen LogP contribution in [0.25, 0.3) is 21.7 Å². The molecule has 140 valence electrons. The van der Waals surface area contributed by atoms with Crippen LogP contribution in [0.2, 0.25) is 0 Å². The van der Waals surface area contributed by atoms with Crippen LogP contribution in [0.4, 0.5) is 9.93 Å². The van der Waals surface area contributed by atoms with E-state index in [0.717, 1.165) is 21.7 Å². The summed E-state index contributed by atoms with van der Waals surface area (Å²) in [5.41, 5.74) is 4.28. The van der Waals surface area contributed by atoms with Gasteiger partial charge in [-0.2, -0.15) is 0 Å². The van der Waals surface area contributed by atoms with Crippen molar-refractivity contribution in [1.29, 1.82) is 0 Å². The SMILES string of the molecule is CCNC(=O)Nc1nc(-c2ccc(C(C)(C)C)cc2)c(-c2ccncc2)s1. The number of hydrogen-bond donors (Lipinski definition) is 2. The minimum absolute atomic E-state index is 0.0967. The monoisotopic (exact) mass is 380 g/mol. The van der Waals surface area contributed by atoms with Gasteiger partial charge in [0.05, 0.1) is 10.6 Å². The highest BCUT2D eigenvalue weighted by atomic mass is 32.1. The molecule has 5 nitrogen and oxygen atoms in total. The summed E-state index contributed by atoms with van der Waals surface area (Å²) in [6, 6.07) is 12.1. The maximum Gasteiger partial charge on any atom is 0.321 e. The van der Waals surface area contributed by atoms with Gasteiger partial charge in [0.25, 0.3) is 0 Å². The summed E-state index contributed by atoms with van der Waals surface area (Å²) >= 11 is 1.46. The van der Waals surface area contributed by atoms with Crippen LogP contribution < -0.4 is 10.6 Å². The van der Waals surface area contributed by atoms with Crippen LogP contribution in [-0.4, -0.2) is 22.5 Å². The van der Waals surface area contributed by atoms with Crippen LogP contribution in [0.1, 0.15) is 33.3 Å². The van der Waals surface area contributed by atoms with Crippen molar-refractivity contribution < 1.29 is 4.79 Å². The van der Waals surface area contributed by atoms with Crippen molar-refractivity contribution in [2.24, 2.45) is 0 Å². The Morgan fingerprint density at radius 1 is 1.04 bits per heavy atom. The molecule has 1 aromatic carbocycles. The molecule has 6 heteroatoms. The van der Waals surface area contributed by atoms with Crippen molar-refractivity contribution in [3.8, 4) is 21.7 Å². The van der Waals surface area contributed by atoms with Gasteiger partial charge in [-0.05, 0) is 35.6 Å². The fourth-order valence-corrected chi connectivity index (χ4v) is 3.69. The van der Waals surface area contributed by atoms with E-state index in [4.69, 9.17) is 4.98 Å². The smallest absolute Gasteiger partial charge is 0.321 e. The number of pyridine rings is 1. The number of carbonyl (C=O) groups excluding carboxylic acids is 1. The molecule has 2 amide bonds. The third-order valence-corrected chi connectivity index (χ3v) is 5.17. The quantitative estimate of drug-likeness (QED) is 0.644. The fraction of sp³-hybridized carbons (Fsp3) is 0.286. The van der Waals surface area contributed by atoms with Crippen LogP contribution in [0.15, 0.2) is 48.8 Å². The zero-order valence-electron chi connectivity index (χ0n) is 16.0. The molecule has 0 aliphatic carbocycles. The molecule has 0 saturated heterocycles. The number of anilines is 1. The van der Waals surface area contributed by atoms with Crippen molar-refractivity contribution >= 4 is 22.5 Å². The van der Waals surface area contributed by atoms with Crippen LogP contribution in [-0.2, 0) is 5.41 Å². The van der Waals surface area contributed by atoms with Gasteiger partial charge in [-0.15, -0.1) is 0 Å². The predicted octanol–water partition coefficient (Wildman–Crippen LogP) is 5.31. The van der Waals surface area contributed by atoms with Gasteiger partial charge < -0.3 is 5.32 Å². The van der Waals surface area contributed by atoms with Crippen molar-refractivity contribution in [3.05, 3.63) is 54.4 Å². The van der Waals surface area contributed by atoms with Crippen LogP contribution >= 0.6 is 11.3 Å². The summed E-state index contributed by atoms with van der Waals surface area (Å²) in [5, 5.41) is 6.13. The summed E-state index contributed by atoms with van der Waals surface area (Å²) < 4.78 is 0. The number of carbonyl (C=O) groups is 1. The van der Waals surface area contributed by atoms with E-state index in [9.17, 15) is 4.79 Å². The number of amides is 2. The lowest BCUT2D eigenvalue weighted by molar-refractivity contribution is 0.252. The molecule has 3 aromatic rings. The second-order valence-corrected chi connectivity index (χ2v) is 8.24. The fourth-order valence-electron chi connectivity index (χ4n) is 2.70. The van der Waals surface area contributed by atoms with Crippen molar-refractivity contribution in [2.75, 3.05) is 11.9 Å². The Bertz CT molecular complexity index is 912. The Morgan fingerprint density at radius 2 is 1.70 bits per heavy atom. The Balaban J connectivity index is 2.02. The first-order chi connectivity index (χ1) is 12.9. The van der Waals surface area contributed by atoms with Crippen molar-refractivity contribution in [3.63, 3.8) is 0 Å². The van der Waals surface area contributed by atoms with Gasteiger partial charge in [0.1, 0.15) is 0 Å². The number of benzene rings is 1. The molecule has 0 fully saturated rings. The third kappa shape index (κ3) is 4.52. The second-order valence-electron chi connectivity index (χ2n) is 7.24. The molecule has 0 aliphatic heterocycles. The largest absolute Gasteiger partial charge is 0.338 e. The van der Waals surface area contributed by atoms with Crippen LogP contribution in [0.3, 0.4) is 0 Å². The van der Waals surface area contributed by atoms with E-state index in [1.807, 2.05) is 19.1 Å². The lowest BCUT2D eigenvalue weighted by atomic mass is 9.86. The molecule has 2 aromatic heterocycles. The average Bonchev–Trinajstić information content (AvgIpc) is 3.06. The number of rotatable bonds is 4. The molecule has 2 N–H and O–H groups in total. The van der Waals surface area contributed by atoms with E-state index < -0.39 is 0 Å². The zero-order chi connectivity index (χ0) is 19.4. The van der Waals surface area contributed by atoms with E-state index in [-0.39, 0.29) is 11.4 Å². The summed E-state index contributed by atoms with van der Waals surface area (Å²) in [6.45, 7) is 9.03. The summed E-state index contributed by atoms with van der Waals surface area (Å²) in [6.07, 6.45) is 3.52. The van der Waals surface area contributed by atoms with Gasteiger partial charge in [0, 0.05) is 24.5 Å². The minimum atomic E-state index is -0.248. The highest BCUT2D eigenvalue weighted by Crippen LogP contribution is 2.39. The Hall–Kier alpha value is -2.73. The molecule has 2 heterocycles. The maximum atomic E-state index is 11.9. The molecule has 0 unspecified atom stereocenters. The Kier molecular flexibility index (Phi) is 5.56. The molecule has 0 saturated carbocycles. The molecular formula is C21H24N4OS. The molecule has 0 aliphatic rings. The van der Waals surface area contributed by atoms with Gasteiger partial charge in [0.2, 0.25) is 0 Å². The first kappa shape index (κ1) is 19.0. The zero-order valence-corrected chi connectivity index (χ0v) is 16.9. The summed E-state index contributed by atoms with van der Waals surface area (Å²) in [4.78, 5) is 21.7. The normalized spacial score (nSPS) is 11.3. The number of urea groups is 1. The van der Waals surface area contributed by atoms with E-state index in [0.29, 0.717) is 11.7 Å². The second kappa shape index (κ2) is 7.88. The molecule has 0 spiro atoms. The Morgan fingerprint density at radius 3 is 2.30 bits per heavy atom. The van der Waals surface area contributed by atoms with E-state index in [1.54, 1.807) is 12.4 Å². The first-order valence-corrected chi connectivity index (χ1v) is 9.77. The van der Waals surface area contributed by atoms with E-state index in [1.165, 1.54) is 16.9 Å². The van der Waals surface area contributed by atoms with Crippen LogP contribution in [0, 0.1) is 0 Å². The summed E-state index contributed by atoms with van der Waals surface area (Å²) in [5.74, 6) is 0. The number of hydrogen-bond acceptors (Lipinski definition) is 4. The maximum absolute atomic E-state index is 11.9. The lowest BCUT2D eigenvalue weighted by Gasteiger charge is -2.19. The third-order valence-electron chi connectivity index (χ3n) is 4.15. The van der Waals surface area contributed by atoms with Gasteiger partial charge >= 0.3 is 6.03 Å². The number of nitrogens with one attached hydrogen (secondary N) is 2. The van der Waals surface area contributed by atoms with E-state index in [2.05, 4.69) is 60.7 Å². The molecule has 27 heavy (non-hydrogen) atoms. The van der Waals surface area contributed by atoms with E-state index >= 15 is 0 Å². The number of thiazole rings is 1. The van der Waals surface area contributed by atoms with Gasteiger partial charge in [-0.3, -0.25) is 10.3 Å². The molecule has 0 radical (unpaired) electrons. The standard InChI is InChI=1S/C21H24N4OS/c1-5-23-19(26)25-20-24-17(18(27-20)15-10-12-22-13-11-15)14-6-8-16(9-7-14)21(2,3)4/h6-13H,5H2,1-4H3,(H2,23,24,25,26). The molecule has 0 bridgehead atoms. The highest BCUT2D eigenvalue weighted by Gasteiger charge is 2.18. The average molecular weight is 381 g/mol. The minimum Gasteiger partial charge on any atom is -0.338 e. The highest BCUT2D eigenvalue weighted by molar-refractivity contribution is 7.19. The van der Waals surface area contributed by atoms with Gasteiger partial charge in [0.15, 0.2) is 5.13 Å². The first-order valence-electron chi connectivity index (χ1n) is 8.95. The molecule has 0 atom stereocenters. The molecule has 3 rings (SSSR count). The predicted molar refractivity (Wildman–Crippen MR) is 112 cm³/mol. The number of aromatic nitrogens is 2. The topological polar surface area (TPSA) is 66.9 Å².